The number of nitrogens with one attached hydrogen (secondary N) is 12. The van der Waals surface area contributed by atoms with Crippen molar-refractivity contribution in [3.05, 3.63) is 72.1 Å². The molecule has 43 heteroatoms. The summed E-state index contributed by atoms with van der Waals surface area (Å²) in [4.78, 5) is 220. The molecule has 11 amide bonds. The Kier molecular flexibility index (Phi) is 37.4. The molecule has 3 unspecified atom stereocenters. The number of Topliss-reactive ketones (excluding diaryl/α,β-unsaturated/α-hetero) is 2. The van der Waals surface area contributed by atoms with E-state index < -0.39 is 230 Å². The summed E-state index contributed by atoms with van der Waals surface area (Å²) in [5.74, 6) is -18.5. The summed E-state index contributed by atoms with van der Waals surface area (Å²) in [6.07, 6.45) is -0.192. The lowest BCUT2D eigenvalue weighted by Gasteiger charge is -2.32. The number of rotatable bonds is 14. The zero-order valence-electron chi connectivity index (χ0n) is 67.3. The van der Waals surface area contributed by atoms with E-state index in [-0.39, 0.29) is 87.8 Å². The maximum atomic E-state index is 14.7. The van der Waals surface area contributed by atoms with Crippen molar-refractivity contribution in [1.29, 1.82) is 0 Å². The molecule has 3 fully saturated rings. The van der Waals surface area contributed by atoms with Crippen molar-refractivity contribution in [2.24, 2.45) is 35.1 Å². The number of para-hydroxylation sites is 2. The number of aromatic amines is 2. The number of aliphatic hydroxyl groups is 1. The molecule has 18 N–H and O–H groups in total. The van der Waals surface area contributed by atoms with Crippen LogP contribution in [0.4, 0.5) is 0 Å². The maximum Gasteiger partial charge on any atom is 0.373 e. The summed E-state index contributed by atoms with van der Waals surface area (Å²) in [5, 5.41) is 45.4. The van der Waals surface area contributed by atoms with Gasteiger partial charge in [-0.1, -0.05) is 71.0 Å². The van der Waals surface area contributed by atoms with Crippen LogP contribution in [-0.4, -0.2) is 287 Å². The van der Waals surface area contributed by atoms with Gasteiger partial charge in [-0.3, -0.25) is 67.1 Å². The van der Waals surface area contributed by atoms with Crippen LogP contribution in [0.15, 0.2) is 60.9 Å². The van der Waals surface area contributed by atoms with Crippen LogP contribution in [0.1, 0.15) is 105 Å². The van der Waals surface area contributed by atoms with Crippen LogP contribution < -0.4 is 64.2 Å². The number of hydrogen-bond donors (Lipinski definition) is 16. The zero-order chi connectivity index (χ0) is 87.6. The number of thioether (sulfide) groups is 2. The lowest BCUT2D eigenvalue weighted by Crippen LogP contribution is -3.11. The van der Waals surface area contributed by atoms with Gasteiger partial charge < -0.3 is 89.3 Å². The second-order valence-electron chi connectivity index (χ2n) is 30.2. The van der Waals surface area contributed by atoms with E-state index in [2.05, 4.69) is 57.8 Å². The number of carbonyl (C=O) groups excluding carboxylic acids is 15. The van der Waals surface area contributed by atoms with Gasteiger partial charge in [0.25, 0.3) is 0 Å². The summed E-state index contributed by atoms with van der Waals surface area (Å²) in [6.45, 7) is 10.2. The van der Waals surface area contributed by atoms with Gasteiger partial charge in [0.05, 0.1) is 49.6 Å². The standard InChI is InChI=1S/C74H109N17O20S4.CO2/c1-10-45-30-59(94)64(44(8)92)87-68(101)48(31-58(93)42(6)75)36-112-24-26-114(108,109)89-22-23-90(39-88(9)38-89)115(110,111)27-25-113-37-56(65(76)98)84-72(105)57-20-15-21-91(57)74(107)63(41(4)5)86-70(103)53(28-46-33-77-51-18-13-11-16-49(46)51)81-60(95)35-79-69(102)55(32-61(96)97)83-73(106)62(40(2)3)85-71(104)54(82-66(99)43(7)80-67(45)100)29-47-34-78-52-19-14-12-17-50(47)52;2-1-3/h11-14,16-19,33-34,40-45,48,53-57,62-64,77-78,92H,10,15,20-32,35-39,75H2,1-9H3,(H2,76,98)(H,79,102)(H,80,100)(H,81,95)(H,82,99)(H,83,106)(H,84,105)(H,85,104)(H,86,103)(H,87,101)(H,96,97);/p+1/t42-,43-,44+,45+,48-,53-,54-,55-,56-,57-,62-,63-,64-;/m0./s1. The highest BCUT2D eigenvalue weighted by Gasteiger charge is 2.43. The molecule has 2 aromatic heterocycles. The first-order chi connectivity index (χ1) is 55.6. The van der Waals surface area contributed by atoms with Crippen molar-refractivity contribution in [3.8, 4) is 0 Å². The highest BCUT2D eigenvalue weighted by atomic mass is 32.2. The predicted octanol–water partition coefficient (Wildman–Crippen LogP) is -4.40. The molecule has 7 rings (SSSR count). The number of carbonyl (C=O) groups is 14. The third-order valence-electron chi connectivity index (χ3n) is 20.3. The molecule has 16 atom stereocenters. The number of amides is 11. The number of nitrogens with zero attached hydrogens (tertiary/aromatic N) is 3. The Bertz CT molecular complexity index is 4530. The Balaban J connectivity index is 0.00000709. The molecule has 118 heavy (non-hydrogen) atoms. The average Bonchev–Trinajstić information content (AvgIpc) is 1.65. The number of aromatic nitrogens is 2. The number of aliphatic carboxylic acids is 1. The molecule has 4 aromatic rings. The summed E-state index contributed by atoms with van der Waals surface area (Å²) in [5.41, 5.74) is 14.1. The minimum absolute atomic E-state index is 0.0145. The summed E-state index contributed by atoms with van der Waals surface area (Å²) >= 11 is 1.98. The van der Waals surface area contributed by atoms with Gasteiger partial charge >= 0.3 is 12.1 Å². The number of fused-ring (bicyclic) bond motifs is 6. The van der Waals surface area contributed by atoms with E-state index in [1.807, 2.05) is 0 Å². The first-order valence-electron chi connectivity index (χ1n) is 38.6. The Morgan fingerprint density at radius 1 is 0.610 bits per heavy atom. The van der Waals surface area contributed by atoms with Crippen LogP contribution in [0.2, 0.25) is 0 Å². The maximum absolute atomic E-state index is 14.7. The van der Waals surface area contributed by atoms with Crippen molar-refractivity contribution in [2.75, 3.05) is 81.1 Å². The van der Waals surface area contributed by atoms with Gasteiger partial charge in [0.2, 0.25) is 85.0 Å². The fourth-order valence-electron chi connectivity index (χ4n) is 13.5. The number of ketones is 2. The summed E-state index contributed by atoms with van der Waals surface area (Å²) < 4.78 is 58.1. The van der Waals surface area contributed by atoms with Gasteiger partial charge in [-0.05, 0) is 75.1 Å². The lowest BCUT2D eigenvalue weighted by molar-refractivity contribution is -0.893. The Hall–Kier alpha value is -9.72. The minimum atomic E-state index is -4.11. The molecule has 2 bridgehead atoms. The number of H-pyrrole nitrogens is 2. The first-order valence-corrected chi connectivity index (χ1v) is 44.2. The molecule has 650 valence electrons. The van der Waals surface area contributed by atoms with Gasteiger partial charge in [-0.25, -0.2) is 16.8 Å². The molecule has 39 nitrogen and oxygen atoms in total. The van der Waals surface area contributed by atoms with Gasteiger partial charge in [0.1, 0.15) is 73.5 Å². The average molecular weight is 1730 g/mol. The zero-order valence-corrected chi connectivity index (χ0v) is 70.5. The number of carboxylic acids is 1. The largest absolute Gasteiger partial charge is 0.481 e. The fourth-order valence-corrected chi connectivity index (χ4v) is 19.6. The van der Waals surface area contributed by atoms with Crippen molar-refractivity contribution in [1.82, 2.24) is 71.3 Å². The number of nitrogens with two attached hydrogens (primary N) is 2. The van der Waals surface area contributed by atoms with Crippen LogP contribution in [-0.2, 0) is 110 Å². The number of benzene rings is 2. The molecular weight excluding hydrogens is 1620 g/mol. The van der Waals surface area contributed by atoms with Gasteiger partial charge in [0.15, 0.2) is 5.78 Å². The van der Waals surface area contributed by atoms with Crippen molar-refractivity contribution in [2.45, 2.75) is 173 Å². The van der Waals surface area contributed by atoms with E-state index in [1.165, 1.54) is 39.5 Å². The Morgan fingerprint density at radius 3 is 1.62 bits per heavy atom. The van der Waals surface area contributed by atoms with Crippen LogP contribution in [0, 0.1) is 23.7 Å². The van der Waals surface area contributed by atoms with E-state index in [1.54, 1.807) is 88.7 Å². The molecule has 0 aliphatic carbocycles. The molecule has 3 aliphatic heterocycles. The normalized spacial score (nSPS) is 27.5. The van der Waals surface area contributed by atoms with Gasteiger partial charge in [-0.15, -0.1) is 0 Å². The van der Waals surface area contributed by atoms with E-state index in [9.17, 15) is 94.2 Å². The van der Waals surface area contributed by atoms with Gasteiger partial charge in [-0.2, -0.15) is 41.7 Å². The molecule has 3 saturated heterocycles. The molecule has 2 aromatic carbocycles. The minimum Gasteiger partial charge on any atom is -0.481 e. The third kappa shape index (κ3) is 28.2. The lowest BCUT2D eigenvalue weighted by atomic mass is 9.92. The smallest absolute Gasteiger partial charge is 0.373 e. The third-order valence-corrected chi connectivity index (χ3v) is 26.6. The highest BCUT2D eigenvalue weighted by molar-refractivity contribution is 8.00. The summed E-state index contributed by atoms with van der Waals surface area (Å²) in [6, 6.07) is -0.380. The predicted molar refractivity (Wildman–Crippen MR) is 433 cm³/mol. The molecular formula is C75H110N17O22S4+. The number of quaternary nitrogens is 1. The van der Waals surface area contributed by atoms with E-state index >= 15 is 0 Å². The van der Waals surface area contributed by atoms with Crippen molar-refractivity contribution >= 4 is 154 Å². The first kappa shape index (κ1) is 97.1. The van der Waals surface area contributed by atoms with Crippen LogP contribution in [0.25, 0.3) is 21.8 Å². The Labute approximate surface area is 691 Å². The van der Waals surface area contributed by atoms with Crippen LogP contribution >= 0.6 is 23.5 Å². The quantitative estimate of drug-likeness (QED) is 0.0567. The number of aliphatic hydroxyl groups excluding tert-OH is 1. The highest BCUT2D eigenvalue weighted by Crippen LogP contribution is 2.26. The molecule has 0 saturated carbocycles. The number of carboxylic acid groups (broad SMARTS) is 1. The van der Waals surface area contributed by atoms with E-state index in [0.717, 1.165) is 32.1 Å². The van der Waals surface area contributed by atoms with Crippen LogP contribution in [0.5, 0.6) is 0 Å². The van der Waals surface area contributed by atoms with E-state index in [4.69, 9.17) is 21.1 Å². The van der Waals surface area contributed by atoms with Gasteiger partial charge in [0, 0.05) is 108 Å². The molecule has 3 aliphatic rings. The monoisotopic (exact) mass is 1730 g/mol. The molecule has 5 heterocycles. The van der Waals surface area contributed by atoms with Crippen LogP contribution in [0.3, 0.4) is 0 Å². The Morgan fingerprint density at radius 2 is 1.11 bits per heavy atom. The fraction of sp³-hybridized carbons (Fsp3) is 0.587. The number of hydrogen-bond acceptors (Lipinski definition) is 24. The van der Waals surface area contributed by atoms with E-state index in [0.29, 0.717) is 44.3 Å². The summed E-state index contributed by atoms with van der Waals surface area (Å²) in [7, 11) is -6.61. The number of primary amides is 1. The second kappa shape index (κ2) is 45.5. The van der Waals surface area contributed by atoms with Crippen molar-refractivity contribution in [3.63, 3.8) is 0 Å². The second-order valence-corrected chi connectivity index (χ2v) is 36.7. The SMILES string of the molecule is CC[C@@H]1CC(=O)[C@H]([C@@H](C)O)NC(=O)[C@@H](CC(=O)[C@H](C)N)CSCCS(=O)(=O)N2CCN(C[NH+](C)C2)S(=O)(=O)CCSC[C@@H](C(N)=O)NC(=O)[C@@H]2CCCN2C(=O)[C@H](C(C)C)NC(=O)[C@H](Cc2c[nH]c3ccccc23)NC(=O)CNC(=O)[C@H](CC(=O)O)NC(=O)[C@H](C(C)C)NC(=O)[C@H](Cc2c[nH]c3ccccc23)NC(=O)[C@H](C)NC1=O.O=C=O. The topological polar surface area (TPSA) is 588 Å². The van der Waals surface area contributed by atoms with Crippen molar-refractivity contribution < 1.29 is 109 Å². The molecule has 0 radical (unpaired) electrons. The molecule has 0 spiro atoms. The number of sulfonamides is 2.